The van der Waals surface area contributed by atoms with E-state index in [1.807, 2.05) is 18.7 Å². The van der Waals surface area contributed by atoms with E-state index >= 15 is 0 Å². The quantitative estimate of drug-likeness (QED) is 0.740. The molecule has 0 atom stereocenters. The summed E-state index contributed by atoms with van der Waals surface area (Å²) in [4.78, 5) is 27.0. The first-order chi connectivity index (χ1) is 7.58. The van der Waals surface area contributed by atoms with Gasteiger partial charge < -0.3 is 15.1 Å². The molecule has 0 radical (unpaired) electrons. The summed E-state index contributed by atoms with van der Waals surface area (Å²) in [5.41, 5.74) is 0. The molecule has 5 heteroatoms. The molecule has 0 bridgehead atoms. The van der Waals surface area contributed by atoms with Gasteiger partial charge in [-0.1, -0.05) is 0 Å². The maximum Gasteiger partial charge on any atom is 0.318 e. The molecule has 1 aliphatic carbocycles. The number of hydrogen-bond donors (Lipinski definition) is 1. The minimum Gasteiger partial charge on any atom is -0.336 e. The second-order valence-electron chi connectivity index (χ2n) is 4.84. The lowest BCUT2D eigenvalue weighted by molar-refractivity contribution is -0.135. The second-order valence-corrected chi connectivity index (χ2v) is 4.84. The van der Waals surface area contributed by atoms with E-state index in [1.165, 1.54) is 0 Å². The molecule has 1 saturated carbocycles. The van der Waals surface area contributed by atoms with Crippen LogP contribution in [0.1, 0.15) is 26.7 Å². The van der Waals surface area contributed by atoms with Crippen LogP contribution in [0.2, 0.25) is 0 Å². The minimum atomic E-state index is -0.126. The van der Waals surface area contributed by atoms with Gasteiger partial charge in [0.2, 0.25) is 5.91 Å². The molecule has 1 saturated heterocycles. The zero-order valence-electron chi connectivity index (χ0n) is 9.90. The molecular formula is C11H19N3O2. The van der Waals surface area contributed by atoms with Crippen molar-refractivity contribution < 1.29 is 9.59 Å². The lowest BCUT2D eigenvalue weighted by Crippen LogP contribution is -2.55. The maximum atomic E-state index is 11.8. The first kappa shape index (κ1) is 11.2. The largest absolute Gasteiger partial charge is 0.336 e. The molecule has 2 rings (SSSR count). The molecule has 1 N–H and O–H groups in total. The average molecular weight is 225 g/mol. The Kier molecular flexibility index (Phi) is 3.03. The molecule has 1 heterocycles. The van der Waals surface area contributed by atoms with E-state index < -0.39 is 0 Å². The number of rotatable bonds is 2. The lowest BCUT2D eigenvalue weighted by Gasteiger charge is -2.34. The molecule has 3 amide bonds. The van der Waals surface area contributed by atoms with Gasteiger partial charge in [0.25, 0.3) is 0 Å². The third-order valence-corrected chi connectivity index (χ3v) is 2.94. The highest BCUT2D eigenvalue weighted by atomic mass is 16.2. The van der Waals surface area contributed by atoms with Crippen molar-refractivity contribution in [3.8, 4) is 0 Å². The van der Waals surface area contributed by atoms with Crippen LogP contribution in [-0.2, 0) is 4.79 Å². The third-order valence-electron chi connectivity index (χ3n) is 2.94. The number of carbonyl (C=O) groups is 2. The molecule has 0 aromatic heterocycles. The Hall–Kier alpha value is -1.26. The zero-order valence-corrected chi connectivity index (χ0v) is 9.90. The average Bonchev–Trinajstić information content (AvgIpc) is 3.00. The van der Waals surface area contributed by atoms with Gasteiger partial charge in [0.05, 0.1) is 0 Å². The normalized spacial score (nSPS) is 21.6. The van der Waals surface area contributed by atoms with Crippen LogP contribution >= 0.6 is 0 Å². The van der Waals surface area contributed by atoms with Gasteiger partial charge in [-0.25, -0.2) is 4.79 Å². The number of piperazine rings is 1. The van der Waals surface area contributed by atoms with Gasteiger partial charge in [0.15, 0.2) is 0 Å². The molecule has 90 valence electrons. The Morgan fingerprint density at radius 2 is 2.06 bits per heavy atom. The van der Waals surface area contributed by atoms with Gasteiger partial charge in [-0.2, -0.15) is 0 Å². The molecule has 16 heavy (non-hydrogen) atoms. The maximum absolute atomic E-state index is 11.8. The summed E-state index contributed by atoms with van der Waals surface area (Å²) >= 11 is 0. The van der Waals surface area contributed by atoms with E-state index in [0.717, 1.165) is 12.8 Å². The van der Waals surface area contributed by atoms with Gasteiger partial charge in [-0.15, -0.1) is 0 Å². The summed E-state index contributed by atoms with van der Waals surface area (Å²) in [6.07, 6.45) is 2.26. The van der Waals surface area contributed by atoms with Crippen LogP contribution in [0, 0.1) is 0 Å². The van der Waals surface area contributed by atoms with Crippen LogP contribution in [-0.4, -0.2) is 53.5 Å². The Morgan fingerprint density at radius 3 is 2.56 bits per heavy atom. The fraction of sp³-hybridized carbons (Fsp3) is 0.818. The van der Waals surface area contributed by atoms with Crippen LogP contribution in [0.15, 0.2) is 0 Å². The molecule has 0 aromatic carbocycles. The first-order valence-electron chi connectivity index (χ1n) is 5.93. The third kappa shape index (κ3) is 2.46. The SMILES string of the molecule is CC(C)NC(=O)N1CCN(C2CC2)C(=O)C1. The number of urea groups is 1. The van der Waals surface area contributed by atoms with Gasteiger partial charge in [-0.05, 0) is 26.7 Å². The number of hydrogen-bond acceptors (Lipinski definition) is 2. The molecule has 0 spiro atoms. The van der Waals surface area contributed by atoms with Crippen LogP contribution in [0.3, 0.4) is 0 Å². The molecule has 2 fully saturated rings. The minimum absolute atomic E-state index is 0.0904. The fourth-order valence-corrected chi connectivity index (χ4v) is 1.97. The summed E-state index contributed by atoms with van der Waals surface area (Å²) in [5, 5.41) is 2.81. The van der Waals surface area contributed by atoms with Crippen molar-refractivity contribution in [2.24, 2.45) is 0 Å². The van der Waals surface area contributed by atoms with Crippen molar-refractivity contribution in [2.75, 3.05) is 19.6 Å². The number of amides is 3. The highest BCUT2D eigenvalue weighted by molar-refractivity contribution is 5.85. The molecule has 1 aliphatic heterocycles. The second kappa shape index (κ2) is 4.31. The summed E-state index contributed by atoms with van der Waals surface area (Å²) in [5.74, 6) is 0.0904. The van der Waals surface area contributed by atoms with Gasteiger partial charge in [0, 0.05) is 25.2 Å². The smallest absolute Gasteiger partial charge is 0.318 e. The monoisotopic (exact) mass is 225 g/mol. The Labute approximate surface area is 95.8 Å². The van der Waals surface area contributed by atoms with Crippen LogP contribution < -0.4 is 5.32 Å². The number of nitrogens with one attached hydrogen (secondary N) is 1. The van der Waals surface area contributed by atoms with E-state index in [2.05, 4.69) is 5.32 Å². The summed E-state index contributed by atoms with van der Waals surface area (Å²) in [7, 11) is 0. The molecular weight excluding hydrogens is 206 g/mol. The van der Waals surface area contributed by atoms with Crippen LogP contribution in [0.4, 0.5) is 4.79 Å². The standard InChI is InChI=1S/C11H19N3O2/c1-8(2)12-11(16)13-5-6-14(9-3-4-9)10(15)7-13/h8-9H,3-7H2,1-2H3,(H,12,16). The van der Waals surface area contributed by atoms with Crippen LogP contribution in [0.25, 0.3) is 0 Å². The topological polar surface area (TPSA) is 52.7 Å². The molecule has 0 unspecified atom stereocenters. The predicted octanol–water partition coefficient (Wildman–Crippen LogP) is 0.411. The summed E-state index contributed by atoms with van der Waals surface area (Å²) in [6, 6.07) is 0.450. The molecule has 5 nitrogen and oxygen atoms in total. The van der Waals surface area contributed by atoms with Crippen molar-refractivity contribution in [2.45, 2.75) is 38.8 Å². The Bertz CT molecular complexity index is 298. The summed E-state index contributed by atoms with van der Waals surface area (Å²) in [6.45, 7) is 5.41. The fourth-order valence-electron chi connectivity index (χ4n) is 1.97. The van der Waals surface area contributed by atoms with E-state index in [9.17, 15) is 9.59 Å². The van der Waals surface area contributed by atoms with Gasteiger partial charge in [-0.3, -0.25) is 4.79 Å². The zero-order chi connectivity index (χ0) is 11.7. The van der Waals surface area contributed by atoms with Crippen molar-refractivity contribution in [1.82, 2.24) is 15.1 Å². The Balaban J connectivity index is 1.86. The first-order valence-corrected chi connectivity index (χ1v) is 5.93. The van der Waals surface area contributed by atoms with Crippen LogP contribution in [0.5, 0.6) is 0 Å². The lowest BCUT2D eigenvalue weighted by atomic mass is 10.3. The number of nitrogens with zero attached hydrogens (tertiary/aromatic N) is 2. The van der Waals surface area contributed by atoms with Gasteiger partial charge >= 0.3 is 6.03 Å². The number of carbonyl (C=O) groups excluding carboxylic acids is 2. The van der Waals surface area contributed by atoms with E-state index in [0.29, 0.717) is 19.1 Å². The van der Waals surface area contributed by atoms with E-state index in [4.69, 9.17) is 0 Å². The predicted molar refractivity (Wildman–Crippen MR) is 60.0 cm³/mol. The van der Waals surface area contributed by atoms with Gasteiger partial charge in [0.1, 0.15) is 6.54 Å². The molecule has 0 aromatic rings. The van der Waals surface area contributed by atoms with E-state index in [1.54, 1.807) is 4.90 Å². The van der Waals surface area contributed by atoms with Crippen molar-refractivity contribution in [1.29, 1.82) is 0 Å². The van der Waals surface area contributed by atoms with E-state index in [-0.39, 0.29) is 24.5 Å². The van der Waals surface area contributed by atoms with Crippen molar-refractivity contribution >= 4 is 11.9 Å². The summed E-state index contributed by atoms with van der Waals surface area (Å²) < 4.78 is 0. The van der Waals surface area contributed by atoms with Crippen molar-refractivity contribution in [3.05, 3.63) is 0 Å². The molecule has 2 aliphatic rings. The Morgan fingerprint density at radius 1 is 1.38 bits per heavy atom. The highest BCUT2D eigenvalue weighted by Gasteiger charge is 2.36. The highest BCUT2D eigenvalue weighted by Crippen LogP contribution is 2.27. The van der Waals surface area contributed by atoms with Crippen molar-refractivity contribution in [3.63, 3.8) is 0 Å².